The molecule has 0 spiro atoms. The zero-order valence-corrected chi connectivity index (χ0v) is 13.6. The molecule has 2 aromatic heterocycles. The van der Waals surface area contributed by atoms with Gasteiger partial charge in [-0.15, -0.1) is 10.2 Å². The van der Waals surface area contributed by atoms with Crippen LogP contribution in [0.25, 0.3) is 11.4 Å². The molecule has 8 heteroatoms. The highest BCUT2D eigenvalue weighted by molar-refractivity contribution is 7.99. The zero-order valence-electron chi connectivity index (χ0n) is 12.7. The third-order valence-electron chi connectivity index (χ3n) is 3.38. The maximum Gasteiger partial charge on any atom is 0.191 e. The van der Waals surface area contributed by atoms with Crippen LogP contribution in [-0.4, -0.2) is 41.5 Å². The van der Waals surface area contributed by atoms with Crippen LogP contribution in [0.5, 0.6) is 11.5 Å². The topological polar surface area (TPSA) is 101 Å². The summed E-state index contributed by atoms with van der Waals surface area (Å²) in [6, 6.07) is 7.70. The quantitative estimate of drug-likeness (QED) is 0.416. The number of aromatic nitrogens is 4. The fraction of sp³-hybridized carbons (Fsp3) is 0.125. The monoisotopic (exact) mass is 342 g/mol. The predicted molar refractivity (Wildman–Crippen MR) is 89.1 cm³/mol. The number of phenolic OH excluding ortho intramolecular Hbond substituents is 2. The minimum Gasteiger partial charge on any atom is -0.504 e. The van der Waals surface area contributed by atoms with Crippen molar-refractivity contribution in [1.82, 2.24) is 19.7 Å². The van der Waals surface area contributed by atoms with E-state index in [1.165, 1.54) is 30.0 Å². The van der Waals surface area contributed by atoms with Gasteiger partial charge in [0.15, 0.2) is 28.3 Å². The molecule has 2 heterocycles. The summed E-state index contributed by atoms with van der Waals surface area (Å²) in [5.41, 5.74) is 1.17. The van der Waals surface area contributed by atoms with Crippen LogP contribution in [0.1, 0.15) is 10.4 Å². The van der Waals surface area contributed by atoms with Crippen molar-refractivity contribution in [3.63, 3.8) is 0 Å². The van der Waals surface area contributed by atoms with Crippen molar-refractivity contribution in [1.29, 1.82) is 0 Å². The Balaban J connectivity index is 1.72. The van der Waals surface area contributed by atoms with Gasteiger partial charge >= 0.3 is 0 Å². The molecule has 0 aliphatic carbocycles. The van der Waals surface area contributed by atoms with E-state index in [2.05, 4.69) is 15.2 Å². The number of ketones is 1. The Kier molecular flexibility index (Phi) is 4.48. The van der Waals surface area contributed by atoms with Gasteiger partial charge in [0.25, 0.3) is 0 Å². The van der Waals surface area contributed by atoms with E-state index in [4.69, 9.17) is 0 Å². The number of Topliss-reactive ketones (excluding diaryl/α,β-unsaturated/α-hetero) is 1. The molecular formula is C16H14N4O3S. The Morgan fingerprint density at radius 1 is 1.21 bits per heavy atom. The molecule has 1 aromatic carbocycles. The number of nitrogens with zero attached hydrogens (tertiary/aromatic N) is 4. The van der Waals surface area contributed by atoms with E-state index in [1.54, 1.807) is 17.0 Å². The summed E-state index contributed by atoms with van der Waals surface area (Å²) in [7, 11) is 1.82. The molecule has 0 aliphatic heterocycles. The van der Waals surface area contributed by atoms with Crippen molar-refractivity contribution < 1.29 is 15.0 Å². The van der Waals surface area contributed by atoms with E-state index in [1.807, 2.05) is 19.2 Å². The first-order valence-corrected chi connectivity index (χ1v) is 8.02. The van der Waals surface area contributed by atoms with Crippen LogP contribution < -0.4 is 0 Å². The number of pyridine rings is 1. The lowest BCUT2D eigenvalue weighted by atomic mass is 10.1. The van der Waals surface area contributed by atoms with Gasteiger partial charge in [0.1, 0.15) is 0 Å². The van der Waals surface area contributed by atoms with Gasteiger partial charge in [-0.3, -0.25) is 9.78 Å². The summed E-state index contributed by atoms with van der Waals surface area (Å²) in [5.74, 6) is 0.0574. The second kappa shape index (κ2) is 6.71. The average molecular weight is 342 g/mol. The Morgan fingerprint density at radius 2 is 2.04 bits per heavy atom. The molecule has 3 aromatic rings. The normalized spacial score (nSPS) is 10.7. The van der Waals surface area contributed by atoms with Crippen LogP contribution in [0.3, 0.4) is 0 Å². The van der Waals surface area contributed by atoms with Gasteiger partial charge < -0.3 is 14.8 Å². The van der Waals surface area contributed by atoms with Gasteiger partial charge in [0.2, 0.25) is 0 Å². The summed E-state index contributed by atoms with van der Waals surface area (Å²) in [4.78, 5) is 16.2. The Labute approximate surface area is 142 Å². The molecule has 0 atom stereocenters. The molecule has 3 rings (SSSR count). The Hall–Kier alpha value is -2.87. The first-order valence-electron chi connectivity index (χ1n) is 7.04. The van der Waals surface area contributed by atoms with Crippen molar-refractivity contribution >= 4 is 17.5 Å². The Bertz CT molecular complexity index is 880. The van der Waals surface area contributed by atoms with Crippen LogP contribution in [0.15, 0.2) is 47.9 Å². The number of thioether (sulfide) groups is 1. The van der Waals surface area contributed by atoms with Crippen molar-refractivity contribution in [2.45, 2.75) is 5.16 Å². The first kappa shape index (κ1) is 16.0. The number of carbonyl (C=O) groups excluding carboxylic acids is 1. The molecule has 0 bridgehead atoms. The van der Waals surface area contributed by atoms with E-state index in [-0.39, 0.29) is 23.0 Å². The number of benzene rings is 1. The minimum absolute atomic E-state index is 0.142. The number of carbonyl (C=O) groups is 1. The van der Waals surface area contributed by atoms with Crippen molar-refractivity contribution in [3.05, 3.63) is 48.3 Å². The van der Waals surface area contributed by atoms with E-state index < -0.39 is 0 Å². The maximum absolute atomic E-state index is 12.2. The molecular weight excluding hydrogens is 328 g/mol. The summed E-state index contributed by atoms with van der Waals surface area (Å²) >= 11 is 1.25. The number of hydrogen-bond acceptors (Lipinski definition) is 7. The molecule has 0 saturated heterocycles. The lowest BCUT2D eigenvalue weighted by molar-refractivity contribution is 0.102. The SMILES string of the molecule is Cn1c(SCC(=O)c2ccc(O)c(O)c2)nnc1-c1cccnc1. The third-order valence-corrected chi connectivity index (χ3v) is 4.40. The summed E-state index contributed by atoms with van der Waals surface area (Å²) in [5, 5.41) is 27.6. The van der Waals surface area contributed by atoms with E-state index in [9.17, 15) is 15.0 Å². The zero-order chi connectivity index (χ0) is 17.1. The van der Waals surface area contributed by atoms with Crippen LogP contribution in [0.2, 0.25) is 0 Å². The number of phenols is 2. The molecule has 24 heavy (non-hydrogen) atoms. The van der Waals surface area contributed by atoms with Crippen LogP contribution in [0, 0.1) is 0 Å². The van der Waals surface area contributed by atoms with Crippen LogP contribution in [0.4, 0.5) is 0 Å². The van der Waals surface area contributed by atoms with Gasteiger partial charge in [-0.2, -0.15) is 0 Å². The molecule has 7 nitrogen and oxygen atoms in total. The lowest BCUT2D eigenvalue weighted by Crippen LogP contribution is -2.04. The van der Waals surface area contributed by atoms with E-state index in [0.29, 0.717) is 16.5 Å². The van der Waals surface area contributed by atoms with Gasteiger partial charge in [0.05, 0.1) is 5.75 Å². The summed E-state index contributed by atoms with van der Waals surface area (Å²) in [6.45, 7) is 0. The molecule has 0 aliphatic rings. The first-order chi connectivity index (χ1) is 11.6. The van der Waals surface area contributed by atoms with Gasteiger partial charge in [-0.05, 0) is 30.3 Å². The van der Waals surface area contributed by atoms with Crippen LogP contribution >= 0.6 is 11.8 Å². The highest BCUT2D eigenvalue weighted by Crippen LogP contribution is 2.27. The third kappa shape index (κ3) is 3.23. The average Bonchev–Trinajstić information content (AvgIpc) is 2.96. The summed E-state index contributed by atoms with van der Waals surface area (Å²) < 4.78 is 1.79. The largest absolute Gasteiger partial charge is 0.504 e. The number of hydrogen-bond donors (Lipinski definition) is 2. The standard InChI is InChI=1S/C16H14N4O3S/c1-20-15(11-3-2-6-17-8-11)18-19-16(20)24-9-14(23)10-4-5-12(21)13(22)7-10/h2-8,21-22H,9H2,1H3. The van der Waals surface area contributed by atoms with Crippen molar-refractivity contribution in [3.8, 4) is 22.9 Å². The number of rotatable bonds is 5. The molecule has 0 radical (unpaired) electrons. The fourth-order valence-corrected chi connectivity index (χ4v) is 2.90. The maximum atomic E-state index is 12.2. The minimum atomic E-state index is -0.316. The fourth-order valence-electron chi connectivity index (χ4n) is 2.10. The van der Waals surface area contributed by atoms with E-state index in [0.717, 1.165) is 5.56 Å². The second-order valence-electron chi connectivity index (χ2n) is 5.02. The molecule has 0 amide bonds. The highest BCUT2D eigenvalue weighted by atomic mass is 32.2. The second-order valence-corrected chi connectivity index (χ2v) is 5.96. The predicted octanol–water partition coefficient (Wildman–Crippen LogP) is 2.26. The van der Waals surface area contributed by atoms with E-state index >= 15 is 0 Å². The van der Waals surface area contributed by atoms with Gasteiger partial charge in [0, 0.05) is 30.6 Å². The molecule has 0 fully saturated rings. The molecule has 0 unspecified atom stereocenters. The van der Waals surface area contributed by atoms with Gasteiger partial charge in [-0.25, -0.2) is 0 Å². The van der Waals surface area contributed by atoms with Crippen molar-refractivity contribution in [2.75, 3.05) is 5.75 Å². The Morgan fingerprint density at radius 3 is 2.75 bits per heavy atom. The van der Waals surface area contributed by atoms with Gasteiger partial charge in [-0.1, -0.05) is 11.8 Å². The molecule has 2 N–H and O–H groups in total. The molecule has 122 valence electrons. The van der Waals surface area contributed by atoms with Crippen LogP contribution in [-0.2, 0) is 7.05 Å². The smallest absolute Gasteiger partial charge is 0.191 e. The summed E-state index contributed by atoms with van der Waals surface area (Å²) in [6.07, 6.45) is 3.38. The lowest BCUT2D eigenvalue weighted by Gasteiger charge is -2.04. The highest BCUT2D eigenvalue weighted by Gasteiger charge is 2.14. The molecule has 0 saturated carbocycles. The van der Waals surface area contributed by atoms with Crippen molar-refractivity contribution in [2.24, 2.45) is 7.05 Å². The number of aromatic hydroxyl groups is 2.